The predicted molar refractivity (Wildman–Crippen MR) is 97.3 cm³/mol. The molecule has 25 heavy (non-hydrogen) atoms. The number of nitrogens with one attached hydrogen (secondary N) is 3. The van der Waals surface area contributed by atoms with E-state index in [1.807, 2.05) is 42.5 Å². The zero-order valence-electron chi connectivity index (χ0n) is 13.5. The van der Waals surface area contributed by atoms with Crippen molar-refractivity contribution in [2.45, 2.75) is 13.0 Å². The Labute approximate surface area is 143 Å². The fourth-order valence-electron chi connectivity index (χ4n) is 2.65. The predicted octanol–water partition coefficient (Wildman–Crippen LogP) is 2.95. The third kappa shape index (κ3) is 2.99. The molecule has 0 fully saturated rings. The van der Waals surface area contributed by atoms with E-state index in [0.29, 0.717) is 11.5 Å². The number of anilines is 2. The Balaban J connectivity index is 1.51. The maximum atomic E-state index is 12.5. The molecule has 0 saturated carbocycles. The molecule has 3 N–H and O–H groups in total. The van der Waals surface area contributed by atoms with Crippen LogP contribution in [0.15, 0.2) is 55.1 Å². The zero-order valence-corrected chi connectivity index (χ0v) is 13.5. The second-order valence-electron chi connectivity index (χ2n) is 5.73. The number of amides is 1. The molecule has 0 saturated heterocycles. The number of aromatic amines is 1. The summed E-state index contributed by atoms with van der Waals surface area (Å²) in [5, 5.41) is 6.93. The van der Waals surface area contributed by atoms with E-state index in [1.54, 1.807) is 13.3 Å². The van der Waals surface area contributed by atoms with Crippen LogP contribution in [0.4, 0.5) is 11.5 Å². The van der Waals surface area contributed by atoms with Gasteiger partial charge in [0.2, 0.25) is 5.91 Å². The van der Waals surface area contributed by atoms with Gasteiger partial charge >= 0.3 is 0 Å². The molecule has 0 spiro atoms. The highest BCUT2D eigenvalue weighted by Crippen LogP contribution is 2.20. The minimum atomic E-state index is -0.462. The van der Waals surface area contributed by atoms with Crippen LogP contribution in [0.1, 0.15) is 6.92 Å². The smallest absolute Gasteiger partial charge is 0.246 e. The first-order valence-corrected chi connectivity index (χ1v) is 7.91. The fraction of sp³-hybridized carbons (Fsp3) is 0.111. The normalized spacial score (nSPS) is 12.2. The number of fused-ring (bicyclic) bond motifs is 2. The van der Waals surface area contributed by atoms with Gasteiger partial charge in [-0.15, -0.1) is 0 Å². The number of imidazole rings is 1. The maximum absolute atomic E-state index is 12.5. The summed E-state index contributed by atoms with van der Waals surface area (Å²) in [5.41, 5.74) is 3.28. The van der Waals surface area contributed by atoms with Gasteiger partial charge < -0.3 is 15.6 Å². The molecular formula is C18H16N6O. The maximum Gasteiger partial charge on any atom is 0.246 e. The molecule has 0 radical (unpaired) electrons. The Hall–Kier alpha value is -3.48. The van der Waals surface area contributed by atoms with Gasteiger partial charge in [-0.1, -0.05) is 12.1 Å². The van der Waals surface area contributed by atoms with E-state index >= 15 is 0 Å². The van der Waals surface area contributed by atoms with Crippen LogP contribution in [-0.4, -0.2) is 31.9 Å². The largest absolute Gasteiger partial charge is 0.358 e. The van der Waals surface area contributed by atoms with Crippen LogP contribution in [0.5, 0.6) is 0 Å². The Morgan fingerprint density at radius 2 is 1.96 bits per heavy atom. The van der Waals surface area contributed by atoms with Gasteiger partial charge in [0.15, 0.2) is 0 Å². The minimum Gasteiger partial charge on any atom is -0.358 e. The first kappa shape index (κ1) is 15.1. The third-order valence-corrected chi connectivity index (χ3v) is 3.98. The van der Waals surface area contributed by atoms with Crippen molar-refractivity contribution >= 4 is 39.3 Å². The average Bonchev–Trinajstić information content (AvgIpc) is 3.10. The molecule has 0 aliphatic rings. The van der Waals surface area contributed by atoms with Gasteiger partial charge in [-0.05, 0) is 37.3 Å². The van der Waals surface area contributed by atoms with E-state index < -0.39 is 6.04 Å². The van der Waals surface area contributed by atoms with Gasteiger partial charge in [0.05, 0.1) is 22.9 Å². The summed E-state index contributed by atoms with van der Waals surface area (Å²) < 4.78 is 0. The molecule has 1 unspecified atom stereocenters. The number of H-pyrrole nitrogens is 1. The number of benzene rings is 2. The lowest BCUT2D eigenvalue weighted by molar-refractivity contribution is -0.116. The van der Waals surface area contributed by atoms with E-state index in [1.165, 1.54) is 6.33 Å². The van der Waals surface area contributed by atoms with Crippen molar-refractivity contribution in [1.82, 2.24) is 19.9 Å². The number of rotatable bonds is 4. The average molecular weight is 332 g/mol. The highest BCUT2D eigenvalue weighted by atomic mass is 16.2. The van der Waals surface area contributed by atoms with Crippen molar-refractivity contribution < 1.29 is 4.79 Å². The summed E-state index contributed by atoms with van der Waals surface area (Å²) in [6, 6.07) is 12.7. The standard InChI is InChI=1S/C18H16N6O/c1-11(23-17-13-4-2-3-5-14(13)19-10-22-17)18(25)24-12-6-7-15-16(8-12)21-9-20-15/h2-11H,1H3,(H,20,21)(H,24,25)(H,19,22,23). The first-order chi connectivity index (χ1) is 12.2. The van der Waals surface area contributed by atoms with E-state index in [-0.39, 0.29) is 5.91 Å². The van der Waals surface area contributed by atoms with Gasteiger partial charge in [0.1, 0.15) is 18.2 Å². The summed E-state index contributed by atoms with van der Waals surface area (Å²) in [7, 11) is 0. The van der Waals surface area contributed by atoms with E-state index in [2.05, 4.69) is 30.6 Å². The number of nitrogens with zero attached hydrogens (tertiary/aromatic N) is 3. The Bertz CT molecular complexity index is 1050. The van der Waals surface area contributed by atoms with Crippen LogP contribution in [0.25, 0.3) is 21.9 Å². The topological polar surface area (TPSA) is 95.6 Å². The van der Waals surface area contributed by atoms with Crippen molar-refractivity contribution in [3.63, 3.8) is 0 Å². The molecule has 1 amide bonds. The second-order valence-corrected chi connectivity index (χ2v) is 5.73. The van der Waals surface area contributed by atoms with Crippen LogP contribution >= 0.6 is 0 Å². The summed E-state index contributed by atoms with van der Waals surface area (Å²) in [4.78, 5) is 28.2. The number of aromatic nitrogens is 4. The highest BCUT2D eigenvalue weighted by Gasteiger charge is 2.15. The lowest BCUT2D eigenvalue weighted by atomic mass is 10.2. The number of carbonyl (C=O) groups excluding carboxylic acids is 1. The molecule has 4 aromatic rings. The lowest BCUT2D eigenvalue weighted by Gasteiger charge is -2.15. The highest BCUT2D eigenvalue weighted by molar-refractivity contribution is 5.99. The molecule has 0 aliphatic heterocycles. The van der Waals surface area contributed by atoms with E-state index in [9.17, 15) is 4.79 Å². The van der Waals surface area contributed by atoms with Crippen molar-refractivity contribution in [3.8, 4) is 0 Å². The fourth-order valence-corrected chi connectivity index (χ4v) is 2.65. The number of hydrogen-bond donors (Lipinski definition) is 3. The molecule has 2 heterocycles. The molecule has 4 rings (SSSR count). The monoisotopic (exact) mass is 332 g/mol. The van der Waals surface area contributed by atoms with Crippen LogP contribution in [0, 0.1) is 0 Å². The Morgan fingerprint density at radius 1 is 1.08 bits per heavy atom. The first-order valence-electron chi connectivity index (χ1n) is 7.91. The van der Waals surface area contributed by atoms with Crippen molar-refractivity contribution in [2.75, 3.05) is 10.6 Å². The van der Waals surface area contributed by atoms with Gasteiger partial charge in [0, 0.05) is 11.1 Å². The minimum absolute atomic E-state index is 0.151. The SMILES string of the molecule is CC(Nc1ncnc2ccccc12)C(=O)Nc1ccc2nc[nH]c2c1. The molecule has 0 bridgehead atoms. The summed E-state index contributed by atoms with van der Waals surface area (Å²) in [6.45, 7) is 1.79. The van der Waals surface area contributed by atoms with Gasteiger partial charge in [-0.25, -0.2) is 15.0 Å². The summed E-state index contributed by atoms with van der Waals surface area (Å²) >= 11 is 0. The third-order valence-electron chi connectivity index (χ3n) is 3.98. The van der Waals surface area contributed by atoms with E-state index in [4.69, 9.17) is 0 Å². The number of carbonyl (C=O) groups is 1. The zero-order chi connectivity index (χ0) is 17.2. The Kier molecular flexibility index (Phi) is 3.74. The van der Waals surface area contributed by atoms with Crippen LogP contribution < -0.4 is 10.6 Å². The second kappa shape index (κ2) is 6.20. The lowest BCUT2D eigenvalue weighted by Crippen LogP contribution is -2.32. The van der Waals surface area contributed by atoms with Crippen LogP contribution in [-0.2, 0) is 4.79 Å². The summed E-state index contributed by atoms with van der Waals surface area (Å²) in [5.74, 6) is 0.485. The molecule has 2 aromatic carbocycles. The quantitative estimate of drug-likeness (QED) is 0.534. The molecule has 1 atom stereocenters. The molecule has 7 nitrogen and oxygen atoms in total. The summed E-state index contributed by atoms with van der Waals surface area (Å²) in [6.07, 6.45) is 3.11. The van der Waals surface area contributed by atoms with Crippen molar-refractivity contribution in [2.24, 2.45) is 0 Å². The van der Waals surface area contributed by atoms with Crippen molar-refractivity contribution in [1.29, 1.82) is 0 Å². The molecular weight excluding hydrogens is 316 g/mol. The number of para-hydroxylation sites is 1. The molecule has 0 aliphatic carbocycles. The van der Waals surface area contributed by atoms with Gasteiger partial charge in [0.25, 0.3) is 0 Å². The van der Waals surface area contributed by atoms with E-state index in [0.717, 1.165) is 21.9 Å². The molecule has 7 heteroatoms. The van der Waals surface area contributed by atoms with Crippen LogP contribution in [0.3, 0.4) is 0 Å². The van der Waals surface area contributed by atoms with Crippen LogP contribution in [0.2, 0.25) is 0 Å². The molecule has 124 valence electrons. The molecule has 2 aromatic heterocycles. The van der Waals surface area contributed by atoms with Gasteiger partial charge in [-0.3, -0.25) is 4.79 Å². The Morgan fingerprint density at radius 3 is 2.88 bits per heavy atom. The number of hydrogen-bond acceptors (Lipinski definition) is 5. The van der Waals surface area contributed by atoms with Crippen molar-refractivity contribution in [3.05, 3.63) is 55.1 Å². The van der Waals surface area contributed by atoms with Gasteiger partial charge in [-0.2, -0.15) is 0 Å².